The van der Waals surface area contributed by atoms with Gasteiger partial charge in [-0.05, 0) is 12.8 Å². The minimum atomic E-state index is 0.637. The van der Waals surface area contributed by atoms with Crippen molar-refractivity contribution in [2.45, 2.75) is 25.8 Å². The molecule has 1 aliphatic heterocycles. The lowest BCUT2D eigenvalue weighted by atomic mass is 10.1. The molecule has 1 atom stereocenters. The van der Waals surface area contributed by atoms with Crippen molar-refractivity contribution in [3.05, 3.63) is 18.2 Å². The van der Waals surface area contributed by atoms with Gasteiger partial charge >= 0.3 is 0 Å². The number of hydrogen-bond donors (Lipinski definition) is 1. The molecule has 0 aliphatic carbocycles. The molecule has 1 aliphatic rings. The first-order valence-electron chi connectivity index (χ1n) is 6.98. The molecule has 1 aromatic rings. The molecule has 2 rings (SSSR count). The Morgan fingerprint density at radius 3 is 2.42 bits per heavy atom. The molecule has 0 bridgehead atoms. The van der Waals surface area contributed by atoms with Crippen molar-refractivity contribution in [1.82, 2.24) is 5.32 Å². The van der Waals surface area contributed by atoms with Gasteiger partial charge in [0.1, 0.15) is 11.5 Å². The summed E-state index contributed by atoms with van der Waals surface area (Å²) >= 11 is 0. The molecule has 1 heterocycles. The molecule has 106 valence electrons. The van der Waals surface area contributed by atoms with Crippen molar-refractivity contribution in [3.8, 4) is 11.5 Å². The predicted octanol–water partition coefficient (Wildman–Crippen LogP) is 2.28. The van der Waals surface area contributed by atoms with E-state index in [0.29, 0.717) is 6.04 Å². The van der Waals surface area contributed by atoms with E-state index in [4.69, 9.17) is 9.47 Å². The number of hydrogen-bond acceptors (Lipinski definition) is 4. The number of methoxy groups -OCH3 is 2. The first-order chi connectivity index (χ1) is 9.26. The zero-order valence-corrected chi connectivity index (χ0v) is 12.1. The molecule has 0 radical (unpaired) electrons. The van der Waals surface area contributed by atoms with E-state index >= 15 is 0 Å². The molecule has 1 fully saturated rings. The number of rotatable bonds is 4. The molecule has 1 N–H and O–H groups in total. The normalized spacial score (nSPS) is 19.9. The Hall–Kier alpha value is -1.42. The molecular weight excluding hydrogens is 240 g/mol. The third-order valence-electron chi connectivity index (χ3n) is 3.76. The molecule has 0 aromatic heterocycles. The summed E-state index contributed by atoms with van der Waals surface area (Å²) in [6, 6.07) is 6.70. The quantitative estimate of drug-likeness (QED) is 0.904. The minimum Gasteiger partial charge on any atom is -0.497 e. The van der Waals surface area contributed by atoms with Crippen molar-refractivity contribution in [2.75, 3.05) is 38.8 Å². The maximum Gasteiger partial charge on any atom is 0.124 e. The summed E-state index contributed by atoms with van der Waals surface area (Å²) in [5, 5.41) is 3.58. The lowest BCUT2D eigenvalue weighted by Crippen LogP contribution is -2.30. The maximum absolute atomic E-state index is 5.34. The summed E-state index contributed by atoms with van der Waals surface area (Å²) in [6.07, 6.45) is 2.37. The van der Waals surface area contributed by atoms with Crippen LogP contribution < -0.4 is 19.7 Å². The van der Waals surface area contributed by atoms with E-state index in [1.165, 1.54) is 18.5 Å². The zero-order chi connectivity index (χ0) is 13.7. The van der Waals surface area contributed by atoms with Gasteiger partial charge in [-0.1, -0.05) is 6.92 Å². The van der Waals surface area contributed by atoms with Crippen LogP contribution in [-0.2, 0) is 0 Å². The van der Waals surface area contributed by atoms with Crippen LogP contribution in [0.2, 0.25) is 0 Å². The minimum absolute atomic E-state index is 0.637. The first kappa shape index (κ1) is 14.0. The number of benzene rings is 1. The van der Waals surface area contributed by atoms with Crippen LogP contribution in [0.1, 0.15) is 19.8 Å². The Kier molecular flexibility index (Phi) is 4.91. The number of nitrogens with zero attached hydrogens (tertiary/aromatic N) is 1. The van der Waals surface area contributed by atoms with Gasteiger partial charge in [0.25, 0.3) is 0 Å². The highest BCUT2D eigenvalue weighted by Gasteiger charge is 2.16. The molecule has 1 saturated heterocycles. The highest BCUT2D eigenvalue weighted by atomic mass is 16.5. The van der Waals surface area contributed by atoms with Crippen LogP contribution in [0, 0.1) is 0 Å². The summed E-state index contributed by atoms with van der Waals surface area (Å²) in [5.74, 6) is 1.69. The molecule has 0 saturated carbocycles. The van der Waals surface area contributed by atoms with Gasteiger partial charge < -0.3 is 19.7 Å². The van der Waals surface area contributed by atoms with Gasteiger partial charge in [-0.25, -0.2) is 0 Å². The molecular formula is C15H24N2O2. The predicted molar refractivity (Wildman–Crippen MR) is 78.5 cm³/mol. The lowest BCUT2D eigenvalue weighted by molar-refractivity contribution is 0.394. The van der Waals surface area contributed by atoms with Crippen molar-refractivity contribution in [2.24, 2.45) is 0 Å². The van der Waals surface area contributed by atoms with Gasteiger partial charge in [0.15, 0.2) is 0 Å². The van der Waals surface area contributed by atoms with Crippen LogP contribution in [0.25, 0.3) is 0 Å². The van der Waals surface area contributed by atoms with Crippen molar-refractivity contribution < 1.29 is 9.47 Å². The van der Waals surface area contributed by atoms with E-state index in [2.05, 4.69) is 29.3 Å². The second-order valence-electron chi connectivity index (χ2n) is 4.91. The number of anilines is 1. The average molecular weight is 264 g/mol. The van der Waals surface area contributed by atoms with Crippen LogP contribution in [0.4, 0.5) is 5.69 Å². The summed E-state index contributed by atoms with van der Waals surface area (Å²) in [4.78, 5) is 2.40. The Morgan fingerprint density at radius 1 is 1.16 bits per heavy atom. The zero-order valence-electron chi connectivity index (χ0n) is 12.1. The van der Waals surface area contributed by atoms with Gasteiger partial charge in [0.05, 0.1) is 14.2 Å². The average Bonchev–Trinajstić information content (AvgIpc) is 2.72. The topological polar surface area (TPSA) is 33.7 Å². The van der Waals surface area contributed by atoms with Gasteiger partial charge in [-0.2, -0.15) is 0 Å². The summed E-state index contributed by atoms with van der Waals surface area (Å²) in [6.45, 7) is 5.36. The van der Waals surface area contributed by atoms with Crippen molar-refractivity contribution >= 4 is 5.69 Å². The lowest BCUT2D eigenvalue weighted by Gasteiger charge is -2.23. The van der Waals surface area contributed by atoms with Crippen LogP contribution in [0.15, 0.2) is 18.2 Å². The Balaban J connectivity index is 2.16. The molecule has 1 aromatic carbocycles. The van der Waals surface area contributed by atoms with Crippen LogP contribution in [0.5, 0.6) is 11.5 Å². The maximum atomic E-state index is 5.34. The fourth-order valence-corrected chi connectivity index (χ4v) is 2.51. The van der Waals surface area contributed by atoms with Crippen molar-refractivity contribution in [1.29, 1.82) is 0 Å². The van der Waals surface area contributed by atoms with Crippen LogP contribution in [0.3, 0.4) is 0 Å². The molecule has 1 unspecified atom stereocenters. The molecule has 19 heavy (non-hydrogen) atoms. The van der Waals surface area contributed by atoms with Crippen LogP contribution >= 0.6 is 0 Å². The second-order valence-corrected chi connectivity index (χ2v) is 4.91. The Bertz CT molecular complexity index is 387. The number of ether oxygens (including phenoxy) is 2. The second kappa shape index (κ2) is 6.66. The molecule has 0 spiro atoms. The van der Waals surface area contributed by atoms with E-state index in [-0.39, 0.29) is 0 Å². The van der Waals surface area contributed by atoms with E-state index in [9.17, 15) is 0 Å². The van der Waals surface area contributed by atoms with Gasteiger partial charge in [-0.3, -0.25) is 0 Å². The fourth-order valence-electron chi connectivity index (χ4n) is 2.51. The molecule has 0 amide bonds. The van der Waals surface area contributed by atoms with E-state index in [1.807, 2.05) is 6.07 Å². The molecule has 4 nitrogen and oxygen atoms in total. The van der Waals surface area contributed by atoms with E-state index in [0.717, 1.165) is 31.1 Å². The SMILES string of the molecule is CCC1CCN(c2cc(OC)cc(OC)c2)CCN1. The Labute approximate surface area is 115 Å². The highest BCUT2D eigenvalue weighted by molar-refractivity contribution is 5.55. The third kappa shape index (κ3) is 3.53. The van der Waals surface area contributed by atoms with E-state index < -0.39 is 0 Å². The summed E-state index contributed by atoms with van der Waals surface area (Å²) in [7, 11) is 3.38. The van der Waals surface area contributed by atoms with Gasteiger partial charge in [0, 0.05) is 49.6 Å². The monoisotopic (exact) mass is 264 g/mol. The molecule has 4 heteroatoms. The Morgan fingerprint density at radius 2 is 1.84 bits per heavy atom. The third-order valence-corrected chi connectivity index (χ3v) is 3.76. The number of nitrogens with one attached hydrogen (secondary N) is 1. The smallest absolute Gasteiger partial charge is 0.124 e. The standard InChI is InChI=1S/C15H24N2O2/c1-4-12-5-7-17(8-6-16-12)13-9-14(18-2)11-15(10-13)19-3/h9-12,16H,4-8H2,1-3H3. The van der Waals surface area contributed by atoms with Crippen LogP contribution in [-0.4, -0.2) is 39.9 Å². The first-order valence-corrected chi connectivity index (χ1v) is 6.98. The van der Waals surface area contributed by atoms with E-state index in [1.54, 1.807) is 14.2 Å². The highest BCUT2D eigenvalue weighted by Crippen LogP contribution is 2.29. The summed E-state index contributed by atoms with van der Waals surface area (Å²) < 4.78 is 10.7. The van der Waals surface area contributed by atoms with Crippen molar-refractivity contribution in [3.63, 3.8) is 0 Å². The fraction of sp³-hybridized carbons (Fsp3) is 0.600. The summed E-state index contributed by atoms with van der Waals surface area (Å²) in [5.41, 5.74) is 1.18. The van der Waals surface area contributed by atoms with Gasteiger partial charge in [0.2, 0.25) is 0 Å². The largest absolute Gasteiger partial charge is 0.497 e. The van der Waals surface area contributed by atoms with Gasteiger partial charge in [-0.15, -0.1) is 0 Å².